The van der Waals surface area contributed by atoms with Crippen LogP contribution in [0.25, 0.3) is 5.57 Å². The van der Waals surface area contributed by atoms with Crippen molar-refractivity contribution >= 4 is 5.57 Å². The number of imidazole rings is 2. The third-order valence-corrected chi connectivity index (χ3v) is 3.70. The second-order valence-corrected chi connectivity index (χ2v) is 4.97. The highest BCUT2D eigenvalue weighted by atomic mass is 15.0. The normalized spacial score (nSPS) is 19.9. The lowest BCUT2D eigenvalue weighted by Crippen LogP contribution is -2.11. The number of hydrogen-bond acceptors (Lipinski definition) is 2. The topological polar surface area (TPSA) is 35.6 Å². The standard InChI is InChI=1S/C14H18N4/c1-17-8-6-15-13(17)11-4-3-5-12(10-11)14-16-7-9-18(14)2/h4,6-9,12H,3,5,10H2,1-2H3. The Balaban J connectivity index is 1.86. The quantitative estimate of drug-likeness (QED) is 0.811. The number of aromatic nitrogens is 4. The summed E-state index contributed by atoms with van der Waals surface area (Å²) in [5, 5.41) is 0. The van der Waals surface area contributed by atoms with Gasteiger partial charge in [-0.25, -0.2) is 9.97 Å². The molecule has 1 aliphatic rings. The Kier molecular flexibility index (Phi) is 2.78. The van der Waals surface area contributed by atoms with Crippen molar-refractivity contribution in [3.05, 3.63) is 42.5 Å². The highest BCUT2D eigenvalue weighted by Gasteiger charge is 2.22. The van der Waals surface area contributed by atoms with Crippen LogP contribution in [-0.2, 0) is 14.1 Å². The molecule has 0 N–H and O–H groups in total. The molecular formula is C14H18N4. The van der Waals surface area contributed by atoms with Gasteiger partial charge in [-0.3, -0.25) is 0 Å². The first-order valence-corrected chi connectivity index (χ1v) is 6.39. The SMILES string of the molecule is Cn1ccnc1C1=CCCC(c2nccn2C)C1. The Morgan fingerprint density at radius 2 is 1.89 bits per heavy atom. The van der Waals surface area contributed by atoms with Gasteiger partial charge in [-0.05, 0) is 24.8 Å². The van der Waals surface area contributed by atoms with Crippen LogP contribution in [0, 0.1) is 0 Å². The van der Waals surface area contributed by atoms with E-state index in [1.165, 1.54) is 17.8 Å². The molecule has 0 amide bonds. The minimum absolute atomic E-state index is 0.515. The highest BCUT2D eigenvalue weighted by molar-refractivity contribution is 5.61. The van der Waals surface area contributed by atoms with E-state index in [-0.39, 0.29) is 0 Å². The zero-order valence-electron chi connectivity index (χ0n) is 10.9. The summed E-state index contributed by atoms with van der Waals surface area (Å²) < 4.78 is 4.22. The average molecular weight is 242 g/mol. The van der Waals surface area contributed by atoms with Crippen LogP contribution in [0.2, 0.25) is 0 Å². The van der Waals surface area contributed by atoms with Crippen molar-refractivity contribution in [3.8, 4) is 0 Å². The molecule has 0 aromatic carbocycles. The monoisotopic (exact) mass is 242 g/mol. The van der Waals surface area contributed by atoms with Crippen LogP contribution in [0.4, 0.5) is 0 Å². The van der Waals surface area contributed by atoms with Crippen molar-refractivity contribution in [3.63, 3.8) is 0 Å². The van der Waals surface area contributed by atoms with E-state index in [1.54, 1.807) is 0 Å². The van der Waals surface area contributed by atoms with E-state index >= 15 is 0 Å². The third-order valence-electron chi connectivity index (χ3n) is 3.70. The summed E-state index contributed by atoms with van der Waals surface area (Å²) in [5.74, 6) is 2.80. The Bertz CT molecular complexity index is 576. The molecule has 2 heterocycles. The Morgan fingerprint density at radius 1 is 1.11 bits per heavy atom. The molecule has 0 spiro atoms. The summed E-state index contributed by atoms with van der Waals surface area (Å²) in [7, 11) is 4.12. The van der Waals surface area contributed by atoms with Crippen LogP contribution in [0.1, 0.15) is 36.8 Å². The van der Waals surface area contributed by atoms with Crippen LogP contribution in [0.3, 0.4) is 0 Å². The smallest absolute Gasteiger partial charge is 0.135 e. The molecule has 0 aliphatic heterocycles. The zero-order valence-corrected chi connectivity index (χ0v) is 10.9. The molecule has 0 radical (unpaired) electrons. The van der Waals surface area contributed by atoms with Gasteiger partial charge in [0, 0.05) is 44.8 Å². The maximum absolute atomic E-state index is 4.49. The molecule has 2 aromatic heterocycles. The van der Waals surface area contributed by atoms with E-state index in [4.69, 9.17) is 0 Å². The van der Waals surface area contributed by atoms with Gasteiger partial charge < -0.3 is 9.13 Å². The molecule has 4 nitrogen and oxygen atoms in total. The number of aryl methyl sites for hydroxylation is 2. The molecule has 0 saturated carbocycles. The molecule has 94 valence electrons. The number of nitrogens with zero attached hydrogens (tertiary/aromatic N) is 4. The minimum Gasteiger partial charge on any atom is -0.338 e. The van der Waals surface area contributed by atoms with Crippen LogP contribution in [0.15, 0.2) is 30.9 Å². The Morgan fingerprint density at radius 3 is 2.56 bits per heavy atom. The average Bonchev–Trinajstić information content (AvgIpc) is 2.98. The molecule has 1 unspecified atom stereocenters. The lowest BCUT2D eigenvalue weighted by Gasteiger charge is -2.22. The van der Waals surface area contributed by atoms with Crippen LogP contribution in [-0.4, -0.2) is 19.1 Å². The van der Waals surface area contributed by atoms with E-state index in [2.05, 4.69) is 32.2 Å². The van der Waals surface area contributed by atoms with E-state index in [1.807, 2.05) is 31.8 Å². The summed E-state index contributed by atoms with van der Waals surface area (Å²) in [5.41, 5.74) is 1.35. The lowest BCUT2D eigenvalue weighted by molar-refractivity contribution is 0.567. The molecule has 0 saturated heterocycles. The maximum Gasteiger partial charge on any atom is 0.135 e. The highest BCUT2D eigenvalue weighted by Crippen LogP contribution is 2.35. The molecule has 3 rings (SSSR count). The summed E-state index contributed by atoms with van der Waals surface area (Å²) >= 11 is 0. The minimum atomic E-state index is 0.515. The predicted octanol–water partition coefficient (Wildman–Crippen LogP) is 2.50. The largest absolute Gasteiger partial charge is 0.338 e. The molecule has 1 aliphatic carbocycles. The molecule has 2 aromatic rings. The van der Waals surface area contributed by atoms with E-state index < -0.39 is 0 Å². The molecule has 0 bridgehead atoms. The van der Waals surface area contributed by atoms with Crippen LogP contribution < -0.4 is 0 Å². The summed E-state index contributed by atoms with van der Waals surface area (Å²) in [6.45, 7) is 0. The number of rotatable bonds is 2. The lowest BCUT2D eigenvalue weighted by atomic mass is 9.87. The van der Waals surface area contributed by atoms with Gasteiger partial charge in [0.25, 0.3) is 0 Å². The van der Waals surface area contributed by atoms with Crippen LogP contribution >= 0.6 is 0 Å². The van der Waals surface area contributed by atoms with E-state index in [9.17, 15) is 0 Å². The zero-order chi connectivity index (χ0) is 12.5. The summed E-state index contributed by atoms with van der Waals surface area (Å²) in [6, 6.07) is 0. The van der Waals surface area contributed by atoms with Crippen molar-refractivity contribution in [1.29, 1.82) is 0 Å². The van der Waals surface area contributed by atoms with Crippen molar-refractivity contribution in [2.75, 3.05) is 0 Å². The van der Waals surface area contributed by atoms with Gasteiger partial charge in [0.05, 0.1) is 0 Å². The van der Waals surface area contributed by atoms with Gasteiger partial charge >= 0.3 is 0 Å². The first-order chi connectivity index (χ1) is 8.75. The van der Waals surface area contributed by atoms with Crippen molar-refractivity contribution in [2.24, 2.45) is 14.1 Å². The predicted molar refractivity (Wildman–Crippen MR) is 71.0 cm³/mol. The van der Waals surface area contributed by atoms with Crippen molar-refractivity contribution < 1.29 is 0 Å². The maximum atomic E-state index is 4.49. The van der Waals surface area contributed by atoms with Crippen LogP contribution in [0.5, 0.6) is 0 Å². The van der Waals surface area contributed by atoms with Gasteiger partial charge in [-0.1, -0.05) is 6.08 Å². The van der Waals surface area contributed by atoms with Crippen molar-refractivity contribution in [1.82, 2.24) is 19.1 Å². The van der Waals surface area contributed by atoms with E-state index in [0.717, 1.165) is 18.7 Å². The Labute approximate surface area is 107 Å². The third kappa shape index (κ3) is 1.88. The Hall–Kier alpha value is -1.84. The molecule has 0 fully saturated rings. The fourth-order valence-corrected chi connectivity index (χ4v) is 2.76. The fourth-order valence-electron chi connectivity index (χ4n) is 2.76. The molecule has 18 heavy (non-hydrogen) atoms. The molecular weight excluding hydrogens is 224 g/mol. The van der Waals surface area contributed by atoms with Gasteiger partial charge in [0.15, 0.2) is 0 Å². The van der Waals surface area contributed by atoms with Crippen molar-refractivity contribution in [2.45, 2.75) is 25.2 Å². The number of allylic oxidation sites excluding steroid dienone is 2. The second kappa shape index (κ2) is 4.44. The molecule has 1 atom stereocenters. The van der Waals surface area contributed by atoms with Gasteiger partial charge in [-0.2, -0.15) is 0 Å². The first-order valence-electron chi connectivity index (χ1n) is 6.39. The van der Waals surface area contributed by atoms with Gasteiger partial charge in [0.1, 0.15) is 11.6 Å². The second-order valence-electron chi connectivity index (χ2n) is 4.97. The number of hydrogen-bond donors (Lipinski definition) is 0. The summed E-state index contributed by atoms with van der Waals surface area (Å²) in [6.07, 6.45) is 13.4. The fraction of sp³-hybridized carbons (Fsp3) is 0.429. The van der Waals surface area contributed by atoms with Gasteiger partial charge in [-0.15, -0.1) is 0 Å². The van der Waals surface area contributed by atoms with E-state index in [0.29, 0.717) is 5.92 Å². The first kappa shape index (κ1) is 11.3. The summed E-state index contributed by atoms with van der Waals surface area (Å²) in [4.78, 5) is 8.93. The van der Waals surface area contributed by atoms with Gasteiger partial charge in [0.2, 0.25) is 0 Å². The molecule has 4 heteroatoms.